The molecule has 1 aromatic heterocycles. The van der Waals surface area contributed by atoms with Gasteiger partial charge in [0.1, 0.15) is 5.75 Å². The average Bonchev–Trinajstić information content (AvgIpc) is 3.20. The van der Waals surface area contributed by atoms with Crippen molar-refractivity contribution < 1.29 is 4.74 Å². The van der Waals surface area contributed by atoms with E-state index in [4.69, 9.17) is 4.74 Å². The van der Waals surface area contributed by atoms with Gasteiger partial charge in [0.2, 0.25) is 0 Å². The Labute approximate surface area is 185 Å². The molecule has 0 radical (unpaired) electrons. The molecule has 5 heteroatoms. The monoisotopic (exact) mass is 461 g/mol. The minimum atomic E-state index is 0.739. The van der Waals surface area contributed by atoms with Crippen molar-refractivity contribution in [1.82, 2.24) is 14.8 Å². The molecule has 0 bridgehead atoms. The minimum absolute atomic E-state index is 0.739. The molecular weight excluding hydrogens is 438 g/mol. The Bertz CT molecular complexity index is 1100. The number of hydrogen-bond acceptors (Lipinski definition) is 3. The molecule has 0 amide bonds. The van der Waals surface area contributed by atoms with Gasteiger partial charge in [0.15, 0.2) is 11.6 Å². The number of halogens is 1. The Morgan fingerprint density at radius 2 is 1.37 bits per heavy atom. The summed E-state index contributed by atoms with van der Waals surface area (Å²) < 4.78 is 8.94. The molecular formula is C25H24BrN3O. The van der Waals surface area contributed by atoms with E-state index in [-0.39, 0.29) is 0 Å². The van der Waals surface area contributed by atoms with E-state index in [0.717, 1.165) is 58.1 Å². The lowest BCUT2D eigenvalue weighted by atomic mass is 10.1. The Balaban J connectivity index is 1.76. The molecule has 0 aliphatic heterocycles. The number of aromatic nitrogens is 3. The van der Waals surface area contributed by atoms with Crippen LogP contribution < -0.4 is 4.74 Å². The van der Waals surface area contributed by atoms with E-state index in [2.05, 4.69) is 68.8 Å². The van der Waals surface area contributed by atoms with Gasteiger partial charge >= 0.3 is 0 Å². The third kappa shape index (κ3) is 4.46. The maximum atomic E-state index is 5.80. The van der Waals surface area contributed by atoms with Gasteiger partial charge in [0.05, 0.1) is 6.61 Å². The zero-order valence-electron chi connectivity index (χ0n) is 17.2. The molecule has 0 aliphatic carbocycles. The number of unbranched alkanes of at least 4 members (excludes halogenated alkanes) is 1. The van der Waals surface area contributed by atoms with Crippen LogP contribution in [0.5, 0.6) is 5.75 Å². The van der Waals surface area contributed by atoms with Crippen LogP contribution in [0.25, 0.3) is 28.5 Å². The predicted molar refractivity (Wildman–Crippen MR) is 125 cm³/mol. The predicted octanol–water partition coefficient (Wildman–Crippen LogP) is 6.85. The maximum Gasteiger partial charge on any atom is 0.168 e. The fourth-order valence-electron chi connectivity index (χ4n) is 3.23. The molecule has 0 atom stereocenters. The van der Waals surface area contributed by atoms with Crippen LogP contribution in [0.15, 0.2) is 77.3 Å². The van der Waals surface area contributed by atoms with E-state index in [9.17, 15) is 0 Å². The number of rotatable bonds is 7. The van der Waals surface area contributed by atoms with Gasteiger partial charge < -0.3 is 4.74 Å². The highest BCUT2D eigenvalue weighted by atomic mass is 79.9. The van der Waals surface area contributed by atoms with Gasteiger partial charge in [-0.2, -0.15) is 0 Å². The van der Waals surface area contributed by atoms with Crippen molar-refractivity contribution in [3.05, 3.63) is 82.8 Å². The van der Waals surface area contributed by atoms with E-state index < -0.39 is 0 Å². The molecule has 4 aromatic rings. The van der Waals surface area contributed by atoms with Crippen molar-refractivity contribution in [3.8, 4) is 34.2 Å². The summed E-state index contributed by atoms with van der Waals surface area (Å²) >= 11 is 3.51. The third-order valence-corrected chi connectivity index (χ3v) is 5.47. The van der Waals surface area contributed by atoms with Crippen molar-refractivity contribution in [3.63, 3.8) is 0 Å². The van der Waals surface area contributed by atoms with Crippen LogP contribution in [0.4, 0.5) is 0 Å². The Kier molecular flexibility index (Phi) is 6.29. The summed E-state index contributed by atoms with van der Waals surface area (Å²) in [4.78, 5) is 0. The van der Waals surface area contributed by atoms with E-state index in [0.29, 0.717) is 0 Å². The quantitative estimate of drug-likeness (QED) is 0.282. The van der Waals surface area contributed by atoms with Gasteiger partial charge in [-0.1, -0.05) is 59.1 Å². The second-order valence-corrected chi connectivity index (χ2v) is 8.17. The molecule has 0 aliphatic rings. The van der Waals surface area contributed by atoms with Gasteiger partial charge in [0, 0.05) is 21.3 Å². The van der Waals surface area contributed by atoms with Crippen molar-refractivity contribution in [2.75, 3.05) is 6.61 Å². The molecule has 1 heterocycles. The lowest BCUT2D eigenvalue weighted by Gasteiger charge is -2.12. The second-order valence-electron chi connectivity index (χ2n) is 7.25. The summed E-state index contributed by atoms with van der Waals surface area (Å²) in [5.74, 6) is 2.49. The third-order valence-electron chi connectivity index (χ3n) is 4.94. The van der Waals surface area contributed by atoms with Crippen molar-refractivity contribution in [2.24, 2.45) is 0 Å². The highest BCUT2D eigenvalue weighted by Gasteiger charge is 2.17. The SMILES string of the molecule is CCCCOc1ccc(-c2nnc(-c3ccc(Br)cc3)n2-c2ccc(C)cc2)cc1. The summed E-state index contributed by atoms with van der Waals surface area (Å²) in [7, 11) is 0. The van der Waals surface area contributed by atoms with Gasteiger partial charge in [0.25, 0.3) is 0 Å². The first-order chi connectivity index (χ1) is 14.7. The first-order valence-corrected chi connectivity index (χ1v) is 11.0. The molecule has 0 fully saturated rings. The minimum Gasteiger partial charge on any atom is -0.494 e. The lowest BCUT2D eigenvalue weighted by Crippen LogP contribution is -2.01. The molecule has 4 nitrogen and oxygen atoms in total. The number of hydrogen-bond donors (Lipinski definition) is 0. The summed E-state index contributed by atoms with van der Waals surface area (Å²) in [6.07, 6.45) is 2.18. The van der Waals surface area contributed by atoms with Crippen LogP contribution in [0.1, 0.15) is 25.3 Å². The molecule has 30 heavy (non-hydrogen) atoms. The molecule has 0 saturated carbocycles. The summed E-state index contributed by atoms with van der Waals surface area (Å²) in [5, 5.41) is 9.09. The molecule has 0 N–H and O–H groups in total. The van der Waals surface area contributed by atoms with Gasteiger partial charge in [-0.05, 0) is 61.9 Å². The number of ether oxygens (including phenoxy) is 1. The van der Waals surface area contributed by atoms with Crippen LogP contribution in [0, 0.1) is 6.92 Å². The highest BCUT2D eigenvalue weighted by molar-refractivity contribution is 9.10. The van der Waals surface area contributed by atoms with Crippen molar-refractivity contribution in [1.29, 1.82) is 0 Å². The number of benzene rings is 3. The van der Waals surface area contributed by atoms with Crippen LogP contribution >= 0.6 is 15.9 Å². The number of aryl methyl sites for hydroxylation is 1. The van der Waals surface area contributed by atoms with E-state index in [1.807, 2.05) is 48.5 Å². The van der Waals surface area contributed by atoms with Crippen LogP contribution in [0.2, 0.25) is 0 Å². The maximum absolute atomic E-state index is 5.80. The number of nitrogens with zero attached hydrogens (tertiary/aromatic N) is 3. The van der Waals surface area contributed by atoms with Gasteiger partial charge in [-0.15, -0.1) is 10.2 Å². The Hall–Kier alpha value is -2.92. The van der Waals surface area contributed by atoms with E-state index in [1.165, 1.54) is 5.56 Å². The van der Waals surface area contributed by atoms with Crippen molar-refractivity contribution in [2.45, 2.75) is 26.7 Å². The second kappa shape index (κ2) is 9.26. The molecule has 152 valence electrons. The first kappa shape index (κ1) is 20.4. The summed E-state index contributed by atoms with van der Waals surface area (Å²) in [6.45, 7) is 4.99. The molecule has 0 unspecified atom stereocenters. The van der Waals surface area contributed by atoms with E-state index in [1.54, 1.807) is 0 Å². The normalized spacial score (nSPS) is 10.9. The lowest BCUT2D eigenvalue weighted by molar-refractivity contribution is 0.309. The van der Waals surface area contributed by atoms with Crippen LogP contribution in [-0.2, 0) is 0 Å². The van der Waals surface area contributed by atoms with Gasteiger partial charge in [-0.3, -0.25) is 4.57 Å². The standard InChI is InChI=1S/C25H24BrN3O/c1-3-4-17-30-23-15-9-20(10-16-23)25-28-27-24(19-7-11-21(26)12-8-19)29(25)22-13-5-18(2)6-14-22/h5-16H,3-4,17H2,1-2H3. The topological polar surface area (TPSA) is 39.9 Å². The molecule has 0 saturated heterocycles. The van der Waals surface area contributed by atoms with Gasteiger partial charge in [-0.25, -0.2) is 0 Å². The Morgan fingerprint density at radius 3 is 1.93 bits per heavy atom. The first-order valence-electron chi connectivity index (χ1n) is 10.2. The zero-order chi connectivity index (χ0) is 20.9. The molecule has 0 spiro atoms. The summed E-state index contributed by atoms with van der Waals surface area (Å²) in [5.41, 5.74) is 4.25. The average molecular weight is 462 g/mol. The fraction of sp³-hybridized carbons (Fsp3) is 0.200. The molecule has 3 aromatic carbocycles. The van der Waals surface area contributed by atoms with E-state index >= 15 is 0 Å². The smallest absolute Gasteiger partial charge is 0.168 e. The van der Waals surface area contributed by atoms with Crippen LogP contribution in [0.3, 0.4) is 0 Å². The van der Waals surface area contributed by atoms with Crippen molar-refractivity contribution >= 4 is 15.9 Å². The Morgan fingerprint density at radius 1 is 0.800 bits per heavy atom. The fourth-order valence-corrected chi connectivity index (χ4v) is 3.49. The highest BCUT2D eigenvalue weighted by Crippen LogP contribution is 2.30. The summed E-state index contributed by atoms with van der Waals surface area (Å²) in [6, 6.07) is 24.6. The largest absolute Gasteiger partial charge is 0.494 e. The van der Waals surface area contributed by atoms with Crippen LogP contribution in [-0.4, -0.2) is 21.4 Å². The zero-order valence-corrected chi connectivity index (χ0v) is 18.8. The molecule has 4 rings (SSSR count).